The first-order valence-electron chi connectivity index (χ1n) is 7.46. The maximum atomic E-state index is 12.0. The van der Waals surface area contributed by atoms with Crippen LogP contribution in [-0.4, -0.2) is 25.6 Å². The topological polar surface area (TPSA) is 69.4 Å². The fraction of sp³-hybridized carbons (Fsp3) is 0.562. The molecule has 0 aliphatic heterocycles. The quantitative estimate of drug-likeness (QED) is 0.242. The minimum Gasteiger partial charge on any atom is -0.417 e. The summed E-state index contributed by atoms with van der Waals surface area (Å²) in [6.07, 6.45) is 1.06. The second kappa shape index (κ2) is 7.15. The first kappa shape index (κ1) is 18.5. The molecule has 1 aromatic rings. The van der Waals surface area contributed by atoms with Crippen molar-refractivity contribution in [1.29, 1.82) is 0 Å². The Balaban J connectivity index is 2.45. The molecule has 0 heterocycles. The van der Waals surface area contributed by atoms with Gasteiger partial charge < -0.3 is 4.43 Å². The highest BCUT2D eigenvalue weighted by molar-refractivity contribution is 6.74. The molecule has 0 aliphatic carbocycles. The molecule has 0 radical (unpaired) electrons. The van der Waals surface area contributed by atoms with E-state index in [9.17, 15) is 14.9 Å². The number of nitro groups is 1. The van der Waals surface area contributed by atoms with Crippen LogP contribution in [0.2, 0.25) is 18.1 Å². The summed E-state index contributed by atoms with van der Waals surface area (Å²) in [4.78, 5) is 22.1. The van der Waals surface area contributed by atoms with Crippen LogP contribution >= 0.6 is 0 Å². The average Bonchev–Trinajstić information content (AvgIpc) is 2.42. The average molecular weight is 323 g/mol. The van der Waals surface area contributed by atoms with Crippen LogP contribution < -0.4 is 0 Å². The van der Waals surface area contributed by atoms with Gasteiger partial charge in [-0.15, -0.1) is 0 Å². The second-order valence-electron chi connectivity index (χ2n) is 6.94. The zero-order valence-electron chi connectivity index (χ0n) is 14.0. The molecule has 1 aromatic carbocycles. The molecule has 0 aromatic heterocycles. The molecule has 0 saturated carbocycles. The Morgan fingerprint density at radius 3 is 2.23 bits per heavy atom. The molecule has 0 bridgehead atoms. The number of hydrogen-bond donors (Lipinski definition) is 0. The van der Waals surface area contributed by atoms with Crippen molar-refractivity contribution in [3.05, 3.63) is 39.9 Å². The summed E-state index contributed by atoms with van der Waals surface area (Å²) < 4.78 is 6.03. The van der Waals surface area contributed by atoms with Gasteiger partial charge in [0.1, 0.15) is 0 Å². The SMILES string of the molecule is CC(C)(C)[Si](C)(C)OCCCC(=O)c1ccc([N+](=O)[O-])cc1. The number of nitrogens with zero attached hydrogens (tertiary/aromatic N) is 1. The Hall–Kier alpha value is -1.53. The Kier molecular flexibility index (Phi) is 6.02. The summed E-state index contributed by atoms with van der Waals surface area (Å²) in [5.41, 5.74) is 0.510. The summed E-state index contributed by atoms with van der Waals surface area (Å²) in [5.74, 6) is -0.00581. The van der Waals surface area contributed by atoms with Crippen LogP contribution in [0.15, 0.2) is 24.3 Å². The molecular formula is C16H25NO4Si. The molecule has 0 fully saturated rings. The molecule has 0 aliphatic rings. The highest BCUT2D eigenvalue weighted by Gasteiger charge is 2.36. The third-order valence-electron chi connectivity index (χ3n) is 4.22. The molecule has 0 unspecified atom stereocenters. The largest absolute Gasteiger partial charge is 0.417 e. The van der Waals surface area contributed by atoms with Gasteiger partial charge in [-0.05, 0) is 36.7 Å². The van der Waals surface area contributed by atoms with E-state index in [4.69, 9.17) is 4.43 Å². The van der Waals surface area contributed by atoms with Crippen molar-refractivity contribution in [2.24, 2.45) is 0 Å². The number of carbonyl (C=O) groups excluding carboxylic acids is 1. The molecule has 1 rings (SSSR count). The van der Waals surface area contributed by atoms with E-state index >= 15 is 0 Å². The van der Waals surface area contributed by atoms with Crippen LogP contribution in [0.1, 0.15) is 44.0 Å². The van der Waals surface area contributed by atoms with Gasteiger partial charge in [0.2, 0.25) is 0 Å². The zero-order chi connectivity index (χ0) is 17.0. The number of rotatable bonds is 7. The second-order valence-corrected chi connectivity index (χ2v) is 11.7. The number of hydrogen-bond acceptors (Lipinski definition) is 4. The molecule has 0 spiro atoms. The van der Waals surface area contributed by atoms with Crippen LogP contribution in [0, 0.1) is 10.1 Å². The van der Waals surface area contributed by atoms with Gasteiger partial charge in [-0.2, -0.15) is 0 Å². The Labute approximate surface area is 133 Å². The van der Waals surface area contributed by atoms with Crippen molar-refractivity contribution < 1.29 is 14.1 Å². The molecule has 0 amide bonds. The number of carbonyl (C=O) groups is 1. The fourth-order valence-corrected chi connectivity index (χ4v) is 2.78. The minimum absolute atomic E-state index is 0.00203. The van der Waals surface area contributed by atoms with E-state index in [1.54, 1.807) is 0 Å². The van der Waals surface area contributed by atoms with E-state index in [0.29, 0.717) is 25.0 Å². The molecule has 5 nitrogen and oxygen atoms in total. The third kappa shape index (κ3) is 5.03. The van der Waals surface area contributed by atoms with Gasteiger partial charge in [0.05, 0.1) is 4.92 Å². The maximum Gasteiger partial charge on any atom is 0.269 e. The normalized spacial score (nSPS) is 12.2. The first-order valence-corrected chi connectivity index (χ1v) is 10.4. The highest BCUT2D eigenvalue weighted by atomic mass is 28.4. The molecule has 6 heteroatoms. The Morgan fingerprint density at radius 2 is 1.77 bits per heavy atom. The Bertz CT molecular complexity index is 532. The predicted molar refractivity (Wildman–Crippen MR) is 89.8 cm³/mol. The van der Waals surface area contributed by atoms with E-state index in [0.717, 1.165) is 0 Å². The van der Waals surface area contributed by atoms with Crippen molar-refractivity contribution in [3.8, 4) is 0 Å². The van der Waals surface area contributed by atoms with Crippen LogP contribution in [0.3, 0.4) is 0 Å². The molecule has 0 saturated heterocycles. The molecule has 122 valence electrons. The van der Waals surface area contributed by atoms with Crippen molar-refractivity contribution in [2.75, 3.05) is 6.61 Å². The van der Waals surface area contributed by atoms with E-state index in [2.05, 4.69) is 33.9 Å². The lowest BCUT2D eigenvalue weighted by Gasteiger charge is -2.36. The fourth-order valence-electron chi connectivity index (χ4n) is 1.69. The van der Waals surface area contributed by atoms with Gasteiger partial charge in [0.15, 0.2) is 14.1 Å². The van der Waals surface area contributed by atoms with Crippen LogP contribution in [0.5, 0.6) is 0 Å². The van der Waals surface area contributed by atoms with Crippen LogP contribution in [0.4, 0.5) is 5.69 Å². The van der Waals surface area contributed by atoms with Gasteiger partial charge in [-0.25, -0.2) is 0 Å². The highest BCUT2D eigenvalue weighted by Crippen LogP contribution is 2.36. The van der Waals surface area contributed by atoms with E-state index in [1.165, 1.54) is 24.3 Å². The number of benzene rings is 1. The van der Waals surface area contributed by atoms with Gasteiger partial charge in [-0.3, -0.25) is 14.9 Å². The summed E-state index contributed by atoms with van der Waals surface area (Å²) in [5, 5.41) is 10.7. The minimum atomic E-state index is -1.76. The number of nitro benzene ring substituents is 1. The van der Waals surface area contributed by atoms with Gasteiger partial charge in [0.25, 0.3) is 5.69 Å². The summed E-state index contributed by atoms with van der Waals surface area (Å²) in [7, 11) is -1.76. The lowest BCUT2D eigenvalue weighted by molar-refractivity contribution is -0.384. The Morgan fingerprint density at radius 1 is 1.23 bits per heavy atom. The third-order valence-corrected chi connectivity index (χ3v) is 8.76. The van der Waals surface area contributed by atoms with Crippen molar-refractivity contribution in [1.82, 2.24) is 0 Å². The predicted octanol–water partition coefficient (Wildman–Crippen LogP) is 4.58. The lowest BCUT2D eigenvalue weighted by atomic mass is 10.1. The molecule has 0 atom stereocenters. The van der Waals surface area contributed by atoms with Crippen molar-refractivity contribution in [3.63, 3.8) is 0 Å². The lowest BCUT2D eigenvalue weighted by Crippen LogP contribution is -2.41. The monoisotopic (exact) mass is 323 g/mol. The van der Waals surface area contributed by atoms with Gasteiger partial charge in [-0.1, -0.05) is 20.8 Å². The summed E-state index contributed by atoms with van der Waals surface area (Å²) in [6.45, 7) is 11.5. The number of non-ortho nitro benzene ring substituents is 1. The van der Waals surface area contributed by atoms with E-state index < -0.39 is 13.2 Å². The van der Waals surface area contributed by atoms with Gasteiger partial charge in [0, 0.05) is 30.7 Å². The zero-order valence-corrected chi connectivity index (χ0v) is 15.0. The molecule has 22 heavy (non-hydrogen) atoms. The van der Waals surface area contributed by atoms with Crippen LogP contribution in [0.25, 0.3) is 0 Å². The number of Topliss-reactive ketones (excluding diaryl/α,β-unsaturated/α-hetero) is 1. The molecule has 0 N–H and O–H groups in total. The summed E-state index contributed by atoms with van der Waals surface area (Å²) >= 11 is 0. The smallest absolute Gasteiger partial charge is 0.269 e. The standard InChI is InChI=1S/C16H25NO4Si/c1-16(2,3)22(4,5)21-12-6-7-15(18)13-8-10-14(11-9-13)17(19)20/h8-11H,6-7,12H2,1-5H3. The number of ketones is 1. The first-order chi connectivity index (χ1) is 10.0. The van der Waals surface area contributed by atoms with E-state index in [-0.39, 0.29) is 16.5 Å². The van der Waals surface area contributed by atoms with Crippen LogP contribution in [-0.2, 0) is 4.43 Å². The molecular weight excluding hydrogens is 298 g/mol. The van der Waals surface area contributed by atoms with E-state index in [1.807, 2.05) is 0 Å². The van der Waals surface area contributed by atoms with Crippen molar-refractivity contribution >= 4 is 19.8 Å². The maximum absolute atomic E-state index is 12.0. The summed E-state index contributed by atoms with van der Waals surface area (Å²) in [6, 6.07) is 5.74. The van der Waals surface area contributed by atoms with Crippen molar-refractivity contribution in [2.45, 2.75) is 51.7 Å². The van der Waals surface area contributed by atoms with Gasteiger partial charge >= 0.3 is 0 Å².